The molecule has 0 fully saturated rings. The van der Waals surface area contributed by atoms with Gasteiger partial charge in [0.25, 0.3) is 0 Å². The van der Waals surface area contributed by atoms with Crippen LogP contribution in [0.2, 0.25) is 0 Å². The fourth-order valence-electron chi connectivity index (χ4n) is 2.35. The van der Waals surface area contributed by atoms with Gasteiger partial charge in [-0.25, -0.2) is 13.2 Å². The number of nitrogens with one attached hydrogen (secondary N) is 2. The van der Waals surface area contributed by atoms with Crippen molar-refractivity contribution >= 4 is 28.5 Å². The quantitative estimate of drug-likeness (QED) is 0.335. The number of benzene rings is 2. The van der Waals surface area contributed by atoms with Crippen molar-refractivity contribution in [3.63, 3.8) is 0 Å². The Morgan fingerprint density at radius 2 is 2.08 bits per heavy atom. The molecular formula is C17H14F3N3OS. The van der Waals surface area contributed by atoms with Crippen LogP contribution in [0.1, 0.15) is 5.56 Å². The largest absolute Gasteiger partial charge is 0.453 e. The van der Waals surface area contributed by atoms with Crippen LogP contribution < -0.4 is 10.5 Å². The van der Waals surface area contributed by atoms with Crippen LogP contribution in [0, 0.1) is 11.2 Å². The molecule has 0 unspecified atom stereocenters. The van der Waals surface area contributed by atoms with Gasteiger partial charge in [-0.3, -0.25) is 5.41 Å². The second-order valence-electron chi connectivity index (χ2n) is 5.20. The van der Waals surface area contributed by atoms with Gasteiger partial charge in [0.2, 0.25) is 6.43 Å². The monoisotopic (exact) mass is 365 g/mol. The van der Waals surface area contributed by atoms with Crippen LogP contribution in [-0.2, 0) is 0 Å². The first-order chi connectivity index (χ1) is 12.0. The average molecular weight is 365 g/mol. The van der Waals surface area contributed by atoms with Gasteiger partial charge in [0.15, 0.2) is 11.6 Å². The Bertz CT molecular complexity index is 927. The van der Waals surface area contributed by atoms with Gasteiger partial charge in [0.1, 0.15) is 11.6 Å². The maximum atomic E-state index is 14.5. The number of aromatic nitrogens is 1. The van der Waals surface area contributed by atoms with Gasteiger partial charge in [0.05, 0.1) is 10.6 Å². The predicted molar refractivity (Wildman–Crippen MR) is 92.5 cm³/mol. The number of halogens is 3. The van der Waals surface area contributed by atoms with Crippen molar-refractivity contribution in [1.82, 2.24) is 4.98 Å². The molecule has 8 heteroatoms. The van der Waals surface area contributed by atoms with Gasteiger partial charge < -0.3 is 15.5 Å². The molecule has 130 valence electrons. The number of ether oxygens (including phenoxy) is 1. The summed E-state index contributed by atoms with van der Waals surface area (Å²) in [6.45, 7) is 0. The summed E-state index contributed by atoms with van der Waals surface area (Å²) in [6, 6.07) is 9.24. The number of thioether (sulfide) groups is 1. The molecule has 0 spiro atoms. The Hall–Kier alpha value is -2.61. The third-order valence-corrected chi connectivity index (χ3v) is 4.55. The Morgan fingerprint density at radius 1 is 1.28 bits per heavy atom. The summed E-state index contributed by atoms with van der Waals surface area (Å²) in [5.41, 5.74) is 6.36. The normalized spacial score (nSPS) is 11.2. The van der Waals surface area contributed by atoms with Crippen molar-refractivity contribution in [2.45, 2.75) is 11.3 Å². The molecule has 0 aliphatic heterocycles. The topological polar surface area (TPSA) is 74.9 Å². The molecule has 3 aromatic rings. The summed E-state index contributed by atoms with van der Waals surface area (Å²) in [7, 11) is 0. The Morgan fingerprint density at radius 3 is 2.80 bits per heavy atom. The molecule has 0 aliphatic carbocycles. The molecule has 0 saturated heterocycles. The van der Waals surface area contributed by atoms with Gasteiger partial charge in [-0.15, -0.1) is 11.8 Å². The molecule has 4 N–H and O–H groups in total. The van der Waals surface area contributed by atoms with E-state index in [0.717, 1.165) is 11.8 Å². The summed E-state index contributed by atoms with van der Waals surface area (Å²) in [4.78, 5) is 3.16. The number of H-pyrrole nitrogens is 1. The van der Waals surface area contributed by atoms with Crippen LogP contribution in [-0.4, -0.2) is 23.0 Å². The van der Waals surface area contributed by atoms with E-state index in [1.54, 1.807) is 30.5 Å². The molecule has 3 rings (SSSR count). The fraction of sp³-hybridized carbons (Fsp3) is 0.118. The fourth-order valence-corrected chi connectivity index (χ4v) is 3.25. The van der Waals surface area contributed by atoms with Crippen molar-refractivity contribution in [2.75, 3.05) is 5.75 Å². The highest BCUT2D eigenvalue weighted by Gasteiger charge is 2.19. The van der Waals surface area contributed by atoms with Crippen LogP contribution >= 0.6 is 11.8 Å². The van der Waals surface area contributed by atoms with E-state index in [1.165, 1.54) is 12.1 Å². The number of fused-ring (bicyclic) bond motifs is 1. The van der Waals surface area contributed by atoms with Crippen molar-refractivity contribution < 1.29 is 17.9 Å². The number of amidine groups is 1. The molecule has 4 nitrogen and oxygen atoms in total. The summed E-state index contributed by atoms with van der Waals surface area (Å²) < 4.78 is 45.4. The van der Waals surface area contributed by atoms with Crippen molar-refractivity contribution in [3.8, 4) is 11.5 Å². The van der Waals surface area contributed by atoms with Crippen LogP contribution in [0.4, 0.5) is 13.2 Å². The number of nitrogen functional groups attached to an aromatic ring is 1. The lowest BCUT2D eigenvalue weighted by molar-refractivity contribution is 0.177. The van der Waals surface area contributed by atoms with E-state index < -0.39 is 18.0 Å². The maximum Gasteiger partial charge on any atom is 0.247 e. The van der Waals surface area contributed by atoms with E-state index in [2.05, 4.69) is 4.98 Å². The standard InChI is InChI=1S/C17H14F3N3OS/c18-12-7-13-11(4-5-23-13)16(25-8-14(19)20)15(12)24-10-3-1-2-9(6-10)17(21)22/h1-7,14,23H,8H2,(H3,21,22). The third kappa shape index (κ3) is 3.74. The summed E-state index contributed by atoms with van der Waals surface area (Å²) in [6.07, 6.45) is -0.924. The lowest BCUT2D eigenvalue weighted by Crippen LogP contribution is -2.10. The number of rotatable bonds is 6. The number of nitrogens with two attached hydrogens (primary N) is 1. The second-order valence-corrected chi connectivity index (χ2v) is 6.23. The lowest BCUT2D eigenvalue weighted by Gasteiger charge is -2.14. The first-order valence-electron chi connectivity index (χ1n) is 7.28. The summed E-state index contributed by atoms with van der Waals surface area (Å²) in [5, 5.41) is 8.05. The first kappa shape index (κ1) is 17.2. The molecule has 0 saturated carbocycles. The molecule has 1 aromatic heterocycles. The first-order valence-corrected chi connectivity index (χ1v) is 8.27. The lowest BCUT2D eigenvalue weighted by atomic mass is 10.2. The van der Waals surface area contributed by atoms with Crippen LogP contribution in [0.5, 0.6) is 11.5 Å². The Labute approximate surface area is 145 Å². The van der Waals surface area contributed by atoms with E-state index in [4.69, 9.17) is 15.9 Å². The number of hydrogen-bond donors (Lipinski definition) is 3. The number of aromatic amines is 1. The average Bonchev–Trinajstić information content (AvgIpc) is 3.02. The molecule has 0 bridgehead atoms. The number of alkyl halides is 2. The molecule has 25 heavy (non-hydrogen) atoms. The van der Waals surface area contributed by atoms with Crippen molar-refractivity contribution in [2.24, 2.45) is 5.73 Å². The van der Waals surface area contributed by atoms with E-state index >= 15 is 0 Å². The third-order valence-electron chi connectivity index (χ3n) is 3.44. The van der Waals surface area contributed by atoms with Crippen LogP contribution in [0.25, 0.3) is 10.9 Å². The molecule has 1 heterocycles. The maximum absolute atomic E-state index is 14.5. The molecular weight excluding hydrogens is 351 g/mol. The molecule has 0 aliphatic rings. The zero-order valence-electron chi connectivity index (χ0n) is 12.9. The molecule has 0 amide bonds. The number of hydrogen-bond acceptors (Lipinski definition) is 3. The van der Waals surface area contributed by atoms with Crippen molar-refractivity contribution in [3.05, 3.63) is 54.0 Å². The smallest absolute Gasteiger partial charge is 0.247 e. The Balaban J connectivity index is 2.05. The van der Waals surface area contributed by atoms with Crippen LogP contribution in [0.15, 0.2) is 47.5 Å². The minimum atomic E-state index is -2.53. The van der Waals surface area contributed by atoms with Gasteiger partial charge >= 0.3 is 0 Å². The minimum Gasteiger partial charge on any atom is -0.453 e. The van der Waals surface area contributed by atoms with Crippen LogP contribution in [0.3, 0.4) is 0 Å². The summed E-state index contributed by atoms with van der Waals surface area (Å²) in [5.74, 6) is -1.16. The zero-order chi connectivity index (χ0) is 18.0. The predicted octanol–water partition coefficient (Wildman–Crippen LogP) is 4.74. The highest BCUT2D eigenvalue weighted by Crippen LogP contribution is 2.41. The van der Waals surface area contributed by atoms with Gasteiger partial charge in [0, 0.05) is 28.7 Å². The van der Waals surface area contributed by atoms with Gasteiger partial charge in [-0.1, -0.05) is 12.1 Å². The van der Waals surface area contributed by atoms with Gasteiger partial charge in [-0.05, 0) is 18.2 Å². The highest BCUT2D eigenvalue weighted by atomic mass is 32.2. The summed E-state index contributed by atoms with van der Waals surface area (Å²) >= 11 is 0.831. The van der Waals surface area contributed by atoms with E-state index in [1.807, 2.05) is 0 Å². The SMILES string of the molecule is N=C(N)c1cccc(Oc2c(F)cc3[nH]ccc3c2SCC(F)F)c1. The van der Waals surface area contributed by atoms with E-state index in [9.17, 15) is 13.2 Å². The highest BCUT2D eigenvalue weighted by molar-refractivity contribution is 7.99. The second kappa shape index (κ2) is 7.10. The van der Waals surface area contributed by atoms with Crippen molar-refractivity contribution in [1.29, 1.82) is 5.41 Å². The molecule has 0 atom stereocenters. The van der Waals surface area contributed by atoms with Gasteiger partial charge in [-0.2, -0.15) is 0 Å². The Kier molecular flexibility index (Phi) is 4.89. The minimum absolute atomic E-state index is 0.126. The molecule has 0 radical (unpaired) electrons. The zero-order valence-corrected chi connectivity index (χ0v) is 13.7. The van der Waals surface area contributed by atoms with E-state index in [-0.39, 0.29) is 17.3 Å². The van der Waals surface area contributed by atoms with E-state index in [0.29, 0.717) is 21.4 Å². The molecule has 2 aromatic carbocycles.